The van der Waals surface area contributed by atoms with Crippen LogP contribution < -0.4 is 16.0 Å². The number of carbonyl (C=O) groups is 2. The predicted octanol–water partition coefficient (Wildman–Crippen LogP) is 2.48. The van der Waals surface area contributed by atoms with Crippen LogP contribution in [0.2, 0.25) is 0 Å². The Bertz CT molecular complexity index is 794. The lowest BCUT2D eigenvalue weighted by Crippen LogP contribution is -2.32. The van der Waals surface area contributed by atoms with Crippen LogP contribution in [0.4, 0.5) is 0 Å². The molecule has 2 aromatic carbocycles. The first-order chi connectivity index (χ1) is 11.5. The third-order valence-electron chi connectivity index (χ3n) is 4.20. The number of hydrogen-bond acceptors (Lipinski definition) is 4. The number of Topliss-reactive ketones (excluding diaryl/α,β-unsaturated/α-hetero) is 1. The van der Waals surface area contributed by atoms with Crippen LogP contribution in [0.5, 0.6) is 5.75 Å². The van der Waals surface area contributed by atoms with Gasteiger partial charge in [-0.15, -0.1) is 0 Å². The highest BCUT2D eigenvalue weighted by molar-refractivity contribution is 6.00. The van der Waals surface area contributed by atoms with E-state index < -0.39 is 6.10 Å². The highest BCUT2D eigenvalue weighted by Crippen LogP contribution is 2.30. The number of aryl methyl sites for hydroxylation is 3. The molecule has 124 valence electrons. The molecule has 2 aromatic rings. The van der Waals surface area contributed by atoms with Crippen molar-refractivity contribution in [2.45, 2.75) is 32.8 Å². The Balaban J connectivity index is 1.82. The molecule has 1 unspecified atom stereocenters. The van der Waals surface area contributed by atoms with Gasteiger partial charge in [-0.05, 0) is 62.6 Å². The zero-order valence-electron chi connectivity index (χ0n) is 13.8. The molecule has 1 heterocycles. The molecular formula is C19H20N2O3. The van der Waals surface area contributed by atoms with E-state index in [9.17, 15) is 9.59 Å². The second kappa shape index (κ2) is 6.45. The molecule has 1 atom stereocenters. The number of rotatable bonds is 3. The molecule has 5 heteroatoms. The quantitative estimate of drug-likeness (QED) is 0.393. The molecule has 0 bridgehead atoms. The summed E-state index contributed by atoms with van der Waals surface area (Å²) in [4.78, 5) is 24.3. The van der Waals surface area contributed by atoms with Crippen molar-refractivity contribution in [3.05, 3.63) is 64.2 Å². The number of hydrazine groups is 1. The molecule has 0 saturated carbocycles. The van der Waals surface area contributed by atoms with Crippen molar-refractivity contribution in [1.29, 1.82) is 0 Å². The van der Waals surface area contributed by atoms with Crippen LogP contribution in [0.25, 0.3) is 0 Å². The number of nitrogens with two attached hydrogens (primary N) is 1. The number of fused-ring (bicyclic) bond motifs is 1. The molecule has 0 aliphatic carbocycles. The molecule has 0 radical (unpaired) electrons. The Hall–Kier alpha value is -2.66. The minimum absolute atomic E-state index is 0.00349. The highest BCUT2D eigenvalue weighted by Gasteiger charge is 2.27. The number of ketones is 1. The second-order valence-corrected chi connectivity index (χ2v) is 6.18. The van der Waals surface area contributed by atoms with E-state index in [1.807, 2.05) is 32.0 Å². The molecule has 3 N–H and O–H groups in total. The maximum absolute atomic E-state index is 12.7. The zero-order chi connectivity index (χ0) is 17.3. The maximum atomic E-state index is 12.7. The Morgan fingerprint density at radius 3 is 2.46 bits per heavy atom. The van der Waals surface area contributed by atoms with E-state index >= 15 is 0 Å². The number of ether oxygens (including phenoxy) is 1. The molecular weight excluding hydrogens is 304 g/mol. The van der Waals surface area contributed by atoms with Crippen molar-refractivity contribution in [2.24, 2.45) is 5.84 Å². The van der Waals surface area contributed by atoms with Gasteiger partial charge >= 0.3 is 0 Å². The van der Waals surface area contributed by atoms with E-state index in [-0.39, 0.29) is 11.7 Å². The smallest absolute Gasteiger partial charge is 0.265 e. The molecule has 1 amide bonds. The van der Waals surface area contributed by atoms with Crippen LogP contribution in [0.15, 0.2) is 36.4 Å². The number of hydrogen-bond donors (Lipinski definition) is 2. The van der Waals surface area contributed by atoms with Crippen molar-refractivity contribution >= 4 is 11.7 Å². The summed E-state index contributed by atoms with van der Waals surface area (Å²) in [6.45, 7) is 3.95. The molecule has 0 spiro atoms. The summed E-state index contributed by atoms with van der Waals surface area (Å²) in [5, 5.41) is 0. The van der Waals surface area contributed by atoms with E-state index in [4.69, 9.17) is 10.6 Å². The monoisotopic (exact) mass is 324 g/mol. The van der Waals surface area contributed by atoms with Crippen LogP contribution in [0.3, 0.4) is 0 Å². The number of nitrogens with one attached hydrogen (secondary N) is 1. The molecule has 0 saturated heterocycles. The van der Waals surface area contributed by atoms with Crippen LogP contribution in [-0.4, -0.2) is 17.8 Å². The van der Waals surface area contributed by atoms with E-state index in [1.54, 1.807) is 18.2 Å². The van der Waals surface area contributed by atoms with Gasteiger partial charge in [-0.2, -0.15) is 0 Å². The summed E-state index contributed by atoms with van der Waals surface area (Å²) < 4.78 is 5.88. The van der Waals surface area contributed by atoms with E-state index in [2.05, 4.69) is 5.43 Å². The van der Waals surface area contributed by atoms with Crippen LogP contribution in [0, 0.1) is 13.8 Å². The lowest BCUT2D eigenvalue weighted by atomic mass is 9.94. The van der Waals surface area contributed by atoms with E-state index in [0.717, 1.165) is 16.7 Å². The topological polar surface area (TPSA) is 81.4 Å². The second-order valence-electron chi connectivity index (χ2n) is 6.18. The summed E-state index contributed by atoms with van der Waals surface area (Å²) in [5.41, 5.74) is 6.32. The maximum Gasteiger partial charge on any atom is 0.265 e. The molecule has 5 nitrogen and oxygen atoms in total. The summed E-state index contributed by atoms with van der Waals surface area (Å²) in [6, 6.07) is 10.9. The van der Waals surface area contributed by atoms with Crippen molar-refractivity contribution in [2.75, 3.05) is 0 Å². The number of benzene rings is 2. The summed E-state index contributed by atoms with van der Waals surface area (Å²) in [6.07, 6.45) is 0.780. The van der Waals surface area contributed by atoms with Crippen molar-refractivity contribution < 1.29 is 14.3 Å². The lowest BCUT2D eigenvalue weighted by Gasteiger charge is -2.25. The fraction of sp³-hybridized carbons (Fsp3) is 0.263. The van der Waals surface area contributed by atoms with Crippen molar-refractivity contribution in [3.63, 3.8) is 0 Å². The van der Waals surface area contributed by atoms with E-state index in [1.165, 1.54) is 0 Å². The highest BCUT2D eigenvalue weighted by atomic mass is 16.5. The minimum Gasteiger partial charge on any atom is -0.482 e. The Morgan fingerprint density at radius 2 is 1.79 bits per heavy atom. The van der Waals surface area contributed by atoms with Gasteiger partial charge in [-0.3, -0.25) is 15.0 Å². The first kappa shape index (κ1) is 16.2. The molecule has 0 fully saturated rings. The van der Waals surface area contributed by atoms with Gasteiger partial charge in [0, 0.05) is 11.1 Å². The van der Waals surface area contributed by atoms with Crippen molar-refractivity contribution in [1.82, 2.24) is 5.43 Å². The molecule has 0 aromatic heterocycles. The normalized spacial score (nSPS) is 16.0. The summed E-state index contributed by atoms with van der Waals surface area (Å²) >= 11 is 0. The van der Waals surface area contributed by atoms with Gasteiger partial charge in [-0.1, -0.05) is 17.2 Å². The van der Waals surface area contributed by atoms with Gasteiger partial charge in [0.05, 0.1) is 0 Å². The Labute approximate surface area is 140 Å². The summed E-state index contributed by atoms with van der Waals surface area (Å²) in [5.74, 6) is 5.46. The largest absolute Gasteiger partial charge is 0.482 e. The van der Waals surface area contributed by atoms with Gasteiger partial charge < -0.3 is 4.74 Å². The predicted molar refractivity (Wildman–Crippen MR) is 91.1 cm³/mol. The van der Waals surface area contributed by atoms with E-state index in [0.29, 0.717) is 29.7 Å². The molecule has 24 heavy (non-hydrogen) atoms. The number of carbonyl (C=O) groups excluding carboxylic acids is 2. The fourth-order valence-electron chi connectivity index (χ4n) is 3.10. The average Bonchev–Trinajstić information content (AvgIpc) is 2.58. The third kappa shape index (κ3) is 3.16. The molecule has 1 aliphatic heterocycles. The fourth-order valence-corrected chi connectivity index (χ4v) is 3.10. The zero-order valence-corrected chi connectivity index (χ0v) is 13.8. The first-order valence-electron chi connectivity index (χ1n) is 7.91. The van der Waals surface area contributed by atoms with Gasteiger partial charge in [0.2, 0.25) is 5.78 Å². The molecule has 1 aliphatic rings. The number of amides is 1. The van der Waals surface area contributed by atoms with Crippen molar-refractivity contribution in [3.8, 4) is 5.75 Å². The van der Waals surface area contributed by atoms with Crippen LogP contribution in [-0.2, 0) is 6.42 Å². The first-order valence-corrected chi connectivity index (χ1v) is 7.91. The SMILES string of the molecule is Cc1cc(C)cc(C(=O)C2CCc3cc(C(=O)NN)ccc3O2)c1. The third-order valence-corrected chi connectivity index (χ3v) is 4.20. The molecule has 3 rings (SSSR count). The Kier molecular flexibility index (Phi) is 4.36. The minimum atomic E-state index is -0.493. The Morgan fingerprint density at radius 1 is 1.08 bits per heavy atom. The van der Waals surface area contributed by atoms with Gasteiger partial charge in [-0.25, -0.2) is 5.84 Å². The van der Waals surface area contributed by atoms with Gasteiger partial charge in [0.1, 0.15) is 5.75 Å². The number of nitrogen functional groups attached to an aromatic ring is 1. The standard InChI is InChI=1S/C19H20N2O3/c1-11-7-12(2)9-15(8-11)18(22)17-6-3-13-10-14(19(23)21-20)4-5-16(13)24-17/h4-5,7-10,17H,3,6,20H2,1-2H3,(H,21,23). The van der Waals surface area contributed by atoms with Gasteiger partial charge in [0.25, 0.3) is 5.91 Å². The van der Waals surface area contributed by atoms with Crippen LogP contribution in [0.1, 0.15) is 43.8 Å². The average molecular weight is 324 g/mol. The van der Waals surface area contributed by atoms with Crippen LogP contribution >= 0.6 is 0 Å². The van der Waals surface area contributed by atoms with Gasteiger partial charge in [0.15, 0.2) is 6.10 Å². The lowest BCUT2D eigenvalue weighted by molar-refractivity contribution is 0.0755. The summed E-state index contributed by atoms with van der Waals surface area (Å²) in [7, 11) is 0.